The van der Waals surface area contributed by atoms with Gasteiger partial charge in [0, 0.05) is 5.57 Å². The SMILES string of the molecule is CCCCC[C@H]1OC(=O)C(C)=C1C(=O)O. The average Bonchev–Trinajstić information content (AvgIpc) is 2.43. The highest BCUT2D eigenvalue weighted by Crippen LogP contribution is 2.26. The van der Waals surface area contributed by atoms with Crippen LogP contribution in [0.15, 0.2) is 11.1 Å². The zero-order valence-electron chi connectivity index (χ0n) is 9.08. The Morgan fingerprint density at radius 1 is 1.47 bits per heavy atom. The molecule has 15 heavy (non-hydrogen) atoms. The number of esters is 1. The Balaban J connectivity index is 2.67. The molecule has 0 saturated heterocycles. The zero-order valence-corrected chi connectivity index (χ0v) is 9.08. The summed E-state index contributed by atoms with van der Waals surface area (Å²) in [6.45, 7) is 3.57. The number of hydrogen-bond acceptors (Lipinski definition) is 3. The summed E-state index contributed by atoms with van der Waals surface area (Å²) in [4.78, 5) is 22.1. The summed E-state index contributed by atoms with van der Waals surface area (Å²) >= 11 is 0. The molecule has 0 aliphatic carbocycles. The molecule has 1 heterocycles. The van der Waals surface area contributed by atoms with Crippen molar-refractivity contribution in [2.45, 2.75) is 45.6 Å². The Morgan fingerprint density at radius 3 is 2.67 bits per heavy atom. The van der Waals surface area contributed by atoms with Crippen molar-refractivity contribution in [2.75, 3.05) is 0 Å². The number of carbonyl (C=O) groups is 2. The van der Waals surface area contributed by atoms with Crippen LogP contribution in [0.2, 0.25) is 0 Å². The smallest absolute Gasteiger partial charge is 0.335 e. The van der Waals surface area contributed by atoms with Gasteiger partial charge in [-0.05, 0) is 19.8 Å². The van der Waals surface area contributed by atoms with E-state index in [2.05, 4.69) is 6.92 Å². The summed E-state index contributed by atoms with van der Waals surface area (Å²) in [5.74, 6) is -1.53. The van der Waals surface area contributed by atoms with Gasteiger partial charge in [0.2, 0.25) is 0 Å². The number of cyclic esters (lactones) is 1. The molecular weight excluding hydrogens is 196 g/mol. The molecule has 0 spiro atoms. The second kappa shape index (κ2) is 4.96. The van der Waals surface area contributed by atoms with Crippen LogP contribution in [-0.4, -0.2) is 23.1 Å². The Morgan fingerprint density at radius 2 is 2.13 bits per heavy atom. The van der Waals surface area contributed by atoms with E-state index in [1.807, 2.05) is 0 Å². The predicted octanol–water partition coefficient (Wildman–Crippen LogP) is 1.89. The molecule has 0 fully saturated rings. The minimum Gasteiger partial charge on any atom is -0.478 e. The molecule has 84 valence electrons. The molecule has 0 aromatic carbocycles. The lowest BCUT2D eigenvalue weighted by Crippen LogP contribution is -2.17. The van der Waals surface area contributed by atoms with Crippen LogP contribution in [-0.2, 0) is 14.3 Å². The summed E-state index contributed by atoms with van der Waals surface area (Å²) in [5, 5.41) is 8.94. The molecular formula is C11H16O4. The van der Waals surface area contributed by atoms with Crippen molar-refractivity contribution in [3.8, 4) is 0 Å². The fourth-order valence-corrected chi connectivity index (χ4v) is 1.71. The minimum atomic E-state index is -1.04. The third-order valence-corrected chi connectivity index (χ3v) is 2.58. The summed E-state index contributed by atoms with van der Waals surface area (Å²) in [6.07, 6.45) is 3.05. The highest BCUT2D eigenvalue weighted by atomic mass is 16.5. The fraction of sp³-hybridized carbons (Fsp3) is 0.636. The first-order valence-electron chi connectivity index (χ1n) is 5.23. The van der Waals surface area contributed by atoms with Crippen LogP contribution < -0.4 is 0 Å². The standard InChI is InChI=1S/C11H16O4/c1-3-4-5-6-8-9(10(12)13)7(2)11(14)15-8/h8H,3-6H2,1-2H3,(H,12,13)/t8-/m1/s1. The molecule has 1 aliphatic rings. The molecule has 1 aliphatic heterocycles. The Bertz CT molecular complexity index is 304. The topological polar surface area (TPSA) is 63.6 Å². The maximum atomic E-state index is 11.2. The lowest BCUT2D eigenvalue weighted by Gasteiger charge is -2.10. The molecule has 1 atom stereocenters. The van der Waals surface area contributed by atoms with E-state index in [1.54, 1.807) is 0 Å². The van der Waals surface area contributed by atoms with Gasteiger partial charge in [-0.2, -0.15) is 0 Å². The van der Waals surface area contributed by atoms with Gasteiger partial charge in [-0.1, -0.05) is 19.8 Å². The summed E-state index contributed by atoms with van der Waals surface area (Å²) < 4.78 is 5.00. The van der Waals surface area contributed by atoms with Gasteiger partial charge in [-0.15, -0.1) is 0 Å². The molecule has 0 bridgehead atoms. The van der Waals surface area contributed by atoms with E-state index in [0.717, 1.165) is 19.3 Å². The van der Waals surface area contributed by atoms with E-state index in [4.69, 9.17) is 9.84 Å². The number of unbranched alkanes of at least 4 members (excludes halogenated alkanes) is 2. The van der Waals surface area contributed by atoms with Crippen LogP contribution in [0.5, 0.6) is 0 Å². The van der Waals surface area contributed by atoms with Gasteiger partial charge in [0.05, 0.1) is 5.57 Å². The Hall–Kier alpha value is -1.32. The van der Waals surface area contributed by atoms with Gasteiger partial charge in [-0.25, -0.2) is 9.59 Å². The van der Waals surface area contributed by atoms with Crippen molar-refractivity contribution in [3.63, 3.8) is 0 Å². The summed E-state index contributed by atoms with van der Waals surface area (Å²) in [5.41, 5.74) is 0.375. The second-order valence-corrected chi connectivity index (χ2v) is 3.73. The van der Waals surface area contributed by atoms with Gasteiger partial charge in [0.15, 0.2) is 0 Å². The normalized spacial score (nSPS) is 20.7. The fourth-order valence-electron chi connectivity index (χ4n) is 1.71. The van der Waals surface area contributed by atoms with Crippen molar-refractivity contribution in [1.29, 1.82) is 0 Å². The van der Waals surface area contributed by atoms with E-state index >= 15 is 0 Å². The van der Waals surface area contributed by atoms with E-state index in [1.165, 1.54) is 6.92 Å². The largest absolute Gasteiger partial charge is 0.478 e. The molecule has 0 radical (unpaired) electrons. The van der Waals surface area contributed by atoms with Crippen molar-refractivity contribution in [3.05, 3.63) is 11.1 Å². The molecule has 0 aromatic heterocycles. The number of carbonyl (C=O) groups excluding carboxylic acids is 1. The summed E-state index contributed by atoms with van der Waals surface area (Å²) in [6, 6.07) is 0. The maximum absolute atomic E-state index is 11.2. The van der Waals surface area contributed by atoms with Gasteiger partial charge in [-0.3, -0.25) is 0 Å². The zero-order chi connectivity index (χ0) is 11.4. The van der Waals surface area contributed by atoms with Gasteiger partial charge >= 0.3 is 11.9 Å². The van der Waals surface area contributed by atoms with Crippen LogP contribution >= 0.6 is 0 Å². The van der Waals surface area contributed by atoms with Crippen LogP contribution in [0.25, 0.3) is 0 Å². The minimum absolute atomic E-state index is 0.135. The van der Waals surface area contributed by atoms with Crippen molar-refractivity contribution < 1.29 is 19.4 Å². The van der Waals surface area contributed by atoms with Crippen molar-refractivity contribution in [1.82, 2.24) is 0 Å². The Kier molecular flexibility index (Phi) is 3.88. The van der Waals surface area contributed by atoms with Crippen LogP contribution in [0.4, 0.5) is 0 Å². The molecule has 4 nitrogen and oxygen atoms in total. The first kappa shape index (κ1) is 11.8. The number of aliphatic carboxylic acids is 1. The number of carboxylic acids is 1. The van der Waals surface area contributed by atoms with Crippen LogP contribution in [0.1, 0.15) is 39.5 Å². The average molecular weight is 212 g/mol. The number of carboxylic acid groups (broad SMARTS) is 1. The maximum Gasteiger partial charge on any atom is 0.335 e. The van der Waals surface area contributed by atoms with E-state index in [9.17, 15) is 9.59 Å². The number of ether oxygens (including phenoxy) is 1. The first-order chi connectivity index (χ1) is 7.07. The molecule has 0 aromatic rings. The lowest BCUT2D eigenvalue weighted by atomic mass is 10.0. The van der Waals surface area contributed by atoms with E-state index in [-0.39, 0.29) is 11.1 Å². The molecule has 0 amide bonds. The monoisotopic (exact) mass is 212 g/mol. The highest BCUT2D eigenvalue weighted by molar-refractivity contribution is 6.03. The molecule has 1 rings (SSSR count). The molecule has 1 N–H and O–H groups in total. The second-order valence-electron chi connectivity index (χ2n) is 3.73. The highest BCUT2D eigenvalue weighted by Gasteiger charge is 2.35. The predicted molar refractivity (Wildman–Crippen MR) is 54.4 cm³/mol. The Labute approximate surface area is 88.9 Å². The van der Waals surface area contributed by atoms with Crippen molar-refractivity contribution in [2.24, 2.45) is 0 Å². The number of hydrogen-bond donors (Lipinski definition) is 1. The first-order valence-corrected chi connectivity index (χ1v) is 5.23. The van der Waals surface area contributed by atoms with Gasteiger partial charge < -0.3 is 9.84 Å². The quantitative estimate of drug-likeness (QED) is 0.558. The van der Waals surface area contributed by atoms with E-state index < -0.39 is 18.0 Å². The third-order valence-electron chi connectivity index (χ3n) is 2.58. The summed E-state index contributed by atoms with van der Waals surface area (Å²) in [7, 11) is 0. The number of rotatable bonds is 5. The van der Waals surface area contributed by atoms with Gasteiger partial charge in [0.25, 0.3) is 0 Å². The van der Waals surface area contributed by atoms with Gasteiger partial charge in [0.1, 0.15) is 6.10 Å². The third kappa shape index (κ3) is 2.58. The van der Waals surface area contributed by atoms with E-state index in [0.29, 0.717) is 6.42 Å². The van der Waals surface area contributed by atoms with Crippen LogP contribution in [0, 0.1) is 0 Å². The molecule has 0 saturated carbocycles. The molecule has 0 unspecified atom stereocenters. The molecule has 4 heteroatoms. The van der Waals surface area contributed by atoms with Crippen molar-refractivity contribution >= 4 is 11.9 Å². The van der Waals surface area contributed by atoms with Crippen LogP contribution in [0.3, 0.4) is 0 Å². The lowest BCUT2D eigenvalue weighted by molar-refractivity contribution is -0.140.